The average molecular weight is 366 g/mol. The van der Waals surface area contributed by atoms with Gasteiger partial charge in [-0.3, -0.25) is 4.72 Å². The molecule has 0 saturated carbocycles. The molecule has 1 aliphatic heterocycles. The number of sulfonamides is 1. The minimum absolute atomic E-state index is 0.169. The minimum Gasteiger partial charge on any atom is -0.492 e. The highest BCUT2D eigenvalue weighted by atomic mass is 32.2. The first-order valence-electron chi connectivity index (χ1n) is 7.94. The van der Waals surface area contributed by atoms with Gasteiger partial charge in [-0.25, -0.2) is 13.1 Å². The maximum Gasteiger partial charge on any atom is 0.265 e. The maximum absolute atomic E-state index is 12.8. The fourth-order valence-electron chi connectivity index (χ4n) is 2.88. The van der Waals surface area contributed by atoms with Crippen molar-refractivity contribution in [1.82, 2.24) is 15.1 Å². The van der Waals surface area contributed by atoms with Gasteiger partial charge in [0.25, 0.3) is 10.0 Å². The molecular weight excluding hydrogens is 344 g/mol. The molecule has 0 radical (unpaired) electrons. The van der Waals surface area contributed by atoms with Crippen molar-refractivity contribution in [1.29, 1.82) is 0 Å². The number of ether oxygens (including phenoxy) is 2. The van der Waals surface area contributed by atoms with Crippen molar-refractivity contribution in [3.05, 3.63) is 35.2 Å². The lowest BCUT2D eigenvalue weighted by Gasteiger charge is -2.12. The number of fused-ring (bicyclic) bond motifs is 1. The molecule has 1 aliphatic rings. The number of aryl methyl sites for hydroxylation is 1. The Balaban J connectivity index is 1.91. The van der Waals surface area contributed by atoms with E-state index in [2.05, 4.69) is 15.1 Å². The van der Waals surface area contributed by atoms with Crippen molar-refractivity contribution in [3.8, 4) is 5.75 Å². The average Bonchev–Trinajstić information content (AvgIpc) is 2.72. The quantitative estimate of drug-likeness (QED) is 0.830. The van der Waals surface area contributed by atoms with E-state index in [0.717, 1.165) is 12.1 Å². The molecule has 0 atom stereocenters. The molecule has 2 N–H and O–H groups in total. The van der Waals surface area contributed by atoms with Crippen LogP contribution in [0.15, 0.2) is 23.1 Å². The summed E-state index contributed by atoms with van der Waals surface area (Å²) in [7, 11) is -2.23. The number of hydrogen-bond acceptors (Lipinski definition) is 6. The Kier molecular flexibility index (Phi) is 4.98. The number of benzene rings is 1. The molecule has 2 aromatic rings. The van der Waals surface area contributed by atoms with E-state index in [9.17, 15) is 8.42 Å². The SMILES string of the molecule is COCn1nc(C)c(S(=O)(=O)Nc2ccc3c(c2)OCCNC3)c1C. The van der Waals surface area contributed by atoms with Crippen molar-refractivity contribution in [2.24, 2.45) is 0 Å². The second-order valence-corrected chi connectivity index (χ2v) is 7.49. The molecular formula is C16H22N4O4S. The van der Waals surface area contributed by atoms with Gasteiger partial charge in [-0.1, -0.05) is 6.07 Å². The molecule has 8 nitrogen and oxygen atoms in total. The summed E-state index contributed by atoms with van der Waals surface area (Å²) in [6.45, 7) is 5.57. The lowest BCUT2D eigenvalue weighted by molar-refractivity contribution is 0.118. The Hall–Kier alpha value is -2.10. The van der Waals surface area contributed by atoms with Crippen LogP contribution in [-0.2, 0) is 28.0 Å². The van der Waals surface area contributed by atoms with Crippen LogP contribution in [0.1, 0.15) is 17.0 Å². The predicted octanol–water partition coefficient (Wildman–Crippen LogP) is 1.39. The number of rotatable bonds is 5. The second kappa shape index (κ2) is 7.03. The van der Waals surface area contributed by atoms with E-state index < -0.39 is 10.0 Å². The van der Waals surface area contributed by atoms with Gasteiger partial charge in [0.05, 0.1) is 17.1 Å². The number of nitrogens with one attached hydrogen (secondary N) is 2. The van der Waals surface area contributed by atoms with E-state index in [1.54, 1.807) is 26.0 Å². The van der Waals surface area contributed by atoms with Crippen LogP contribution in [0.2, 0.25) is 0 Å². The highest BCUT2D eigenvalue weighted by Gasteiger charge is 2.25. The molecule has 25 heavy (non-hydrogen) atoms. The summed E-state index contributed by atoms with van der Waals surface area (Å²) in [4.78, 5) is 0.169. The molecule has 1 aromatic heterocycles. The predicted molar refractivity (Wildman–Crippen MR) is 93.2 cm³/mol. The Morgan fingerprint density at radius 3 is 2.96 bits per heavy atom. The van der Waals surface area contributed by atoms with Crippen LogP contribution < -0.4 is 14.8 Å². The van der Waals surface area contributed by atoms with Crippen LogP contribution in [0.5, 0.6) is 5.75 Å². The van der Waals surface area contributed by atoms with Gasteiger partial charge < -0.3 is 14.8 Å². The summed E-state index contributed by atoms with van der Waals surface area (Å²) < 4.78 is 40.5. The lowest BCUT2D eigenvalue weighted by atomic mass is 10.2. The van der Waals surface area contributed by atoms with Crippen LogP contribution >= 0.6 is 0 Å². The Bertz CT molecular complexity index is 877. The summed E-state index contributed by atoms with van der Waals surface area (Å²) in [6.07, 6.45) is 0. The number of methoxy groups -OCH3 is 1. The van der Waals surface area contributed by atoms with Crippen LogP contribution in [0.3, 0.4) is 0 Å². The van der Waals surface area contributed by atoms with E-state index in [-0.39, 0.29) is 11.6 Å². The van der Waals surface area contributed by atoms with Gasteiger partial charge in [-0.2, -0.15) is 5.10 Å². The minimum atomic E-state index is -3.77. The standard InChI is InChI=1S/C16H22N4O4S/c1-11-16(12(2)20(18-11)10-23-3)25(21,22)19-14-5-4-13-9-17-6-7-24-15(13)8-14/h4-5,8,17,19H,6-7,9-10H2,1-3H3. The van der Waals surface area contributed by atoms with Gasteiger partial charge in [0.1, 0.15) is 24.0 Å². The third-order valence-corrected chi connectivity index (χ3v) is 5.64. The Labute approximate surface area is 147 Å². The van der Waals surface area contributed by atoms with Crippen molar-refractivity contribution >= 4 is 15.7 Å². The summed E-state index contributed by atoms with van der Waals surface area (Å²) >= 11 is 0. The molecule has 0 bridgehead atoms. The molecule has 1 aromatic carbocycles. The number of nitrogens with zero attached hydrogens (tertiary/aromatic N) is 2. The third kappa shape index (κ3) is 3.63. The summed E-state index contributed by atoms with van der Waals surface area (Å²) in [5.41, 5.74) is 2.42. The van der Waals surface area contributed by atoms with E-state index in [0.29, 0.717) is 36.0 Å². The molecule has 9 heteroatoms. The largest absolute Gasteiger partial charge is 0.492 e. The number of anilines is 1. The van der Waals surface area contributed by atoms with E-state index in [1.807, 2.05) is 6.07 Å². The molecule has 0 aliphatic carbocycles. The van der Waals surface area contributed by atoms with Crippen LogP contribution in [0, 0.1) is 13.8 Å². The van der Waals surface area contributed by atoms with Gasteiger partial charge in [0.2, 0.25) is 0 Å². The van der Waals surface area contributed by atoms with Crippen molar-refractivity contribution < 1.29 is 17.9 Å². The normalized spacial score (nSPS) is 14.5. The Morgan fingerprint density at radius 2 is 2.20 bits per heavy atom. The zero-order chi connectivity index (χ0) is 18.0. The molecule has 0 fully saturated rings. The smallest absolute Gasteiger partial charge is 0.265 e. The van der Waals surface area contributed by atoms with Crippen LogP contribution in [-0.4, -0.2) is 38.5 Å². The van der Waals surface area contributed by atoms with Gasteiger partial charge >= 0.3 is 0 Å². The topological polar surface area (TPSA) is 94.5 Å². The van der Waals surface area contributed by atoms with Crippen molar-refractivity contribution in [3.63, 3.8) is 0 Å². The maximum atomic E-state index is 12.8. The van der Waals surface area contributed by atoms with Gasteiger partial charge in [0.15, 0.2) is 0 Å². The fraction of sp³-hybridized carbons (Fsp3) is 0.438. The summed E-state index contributed by atoms with van der Waals surface area (Å²) in [5.74, 6) is 0.689. The zero-order valence-electron chi connectivity index (χ0n) is 14.5. The van der Waals surface area contributed by atoms with E-state index >= 15 is 0 Å². The molecule has 2 heterocycles. The van der Waals surface area contributed by atoms with Gasteiger partial charge in [-0.05, 0) is 19.9 Å². The molecule has 0 amide bonds. The molecule has 0 unspecified atom stereocenters. The highest BCUT2D eigenvalue weighted by molar-refractivity contribution is 7.92. The Morgan fingerprint density at radius 1 is 1.40 bits per heavy atom. The third-order valence-electron chi connectivity index (χ3n) is 4.01. The first-order valence-corrected chi connectivity index (χ1v) is 9.43. The number of aromatic nitrogens is 2. The monoisotopic (exact) mass is 366 g/mol. The molecule has 0 saturated heterocycles. The van der Waals surface area contributed by atoms with Gasteiger partial charge in [-0.15, -0.1) is 0 Å². The first-order chi connectivity index (χ1) is 11.9. The first kappa shape index (κ1) is 17.7. The van der Waals surface area contributed by atoms with Crippen molar-refractivity contribution in [2.75, 3.05) is 25.0 Å². The second-order valence-electron chi connectivity index (χ2n) is 5.87. The lowest BCUT2D eigenvalue weighted by Crippen LogP contribution is -2.16. The summed E-state index contributed by atoms with van der Waals surface area (Å²) in [5, 5.41) is 7.47. The molecule has 0 spiro atoms. The molecule has 3 rings (SSSR count). The summed E-state index contributed by atoms with van der Waals surface area (Å²) in [6, 6.07) is 5.31. The fourth-order valence-corrected chi connectivity index (χ4v) is 4.34. The number of hydrogen-bond donors (Lipinski definition) is 2. The van der Waals surface area contributed by atoms with Crippen molar-refractivity contribution in [2.45, 2.75) is 32.0 Å². The van der Waals surface area contributed by atoms with Gasteiger partial charge in [0, 0.05) is 31.8 Å². The van der Waals surface area contributed by atoms with E-state index in [4.69, 9.17) is 9.47 Å². The van der Waals surface area contributed by atoms with Crippen LogP contribution in [0.4, 0.5) is 5.69 Å². The zero-order valence-corrected chi connectivity index (χ0v) is 15.3. The van der Waals surface area contributed by atoms with Crippen LogP contribution in [0.25, 0.3) is 0 Å². The molecule has 136 valence electrons. The van der Waals surface area contributed by atoms with E-state index in [1.165, 1.54) is 11.8 Å². The highest BCUT2D eigenvalue weighted by Crippen LogP contribution is 2.28.